The number of carbonyl (C=O) groups excluding carboxylic acids is 1. The van der Waals surface area contributed by atoms with Crippen molar-refractivity contribution in [1.29, 1.82) is 0 Å². The molecule has 0 atom stereocenters. The summed E-state index contributed by atoms with van der Waals surface area (Å²) in [6.45, 7) is 1.76. The summed E-state index contributed by atoms with van der Waals surface area (Å²) < 4.78 is 12.9. The molecule has 2 aromatic heterocycles. The van der Waals surface area contributed by atoms with Crippen LogP contribution in [-0.2, 0) is 0 Å². The lowest BCUT2D eigenvalue weighted by Crippen LogP contribution is -2.15. The Labute approximate surface area is 99.7 Å². The number of halogens is 1. The van der Waals surface area contributed by atoms with Gasteiger partial charge in [-0.05, 0) is 13.0 Å². The smallest absolute Gasteiger partial charge is 0.261 e. The van der Waals surface area contributed by atoms with Gasteiger partial charge in [0.1, 0.15) is 16.6 Å². The van der Waals surface area contributed by atoms with Crippen LogP contribution in [0.25, 0.3) is 0 Å². The predicted octanol–water partition coefficient (Wildman–Crippen LogP) is 1.22. The molecule has 8 heteroatoms. The molecule has 2 heterocycles. The molecule has 0 saturated carbocycles. The van der Waals surface area contributed by atoms with Crippen molar-refractivity contribution >= 4 is 28.2 Å². The number of anilines is 2. The molecular formula is C9H8FN5OS. The first-order valence-corrected chi connectivity index (χ1v) is 5.40. The van der Waals surface area contributed by atoms with Crippen LogP contribution >= 0.6 is 11.3 Å². The van der Waals surface area contributed by atoms with Crippen LogP contribution in [0.2, 0.25) is 0 Å². The Bertz CT molecular complexity index is 570. The number of carbonyl (C=O) groups is 1. The lowest BCUT2D eigenvalue weighted by Gasteiger charge is -2.03. The van der Waals surface area contributed by atoms with E-state index in [1.165, 1.54) is 11.3 Å². The maximum absolute atomic E-state index is 12.9. The number of amides is 1. The minimum atomic E-state index is -0.627. The Morgan fingerprint density at radius 1 is 1.53 bits per heavy atom. The fourth-order valence-corrected chi connectivity index (χ4v) is 1.73. The minimum absolute atomic E-state index is 0.0298. The van der Waals surface area contributed by atoms with Crippen molar-refractivity contribution in [3.8, 4) is 0 Å². The zero-order chi connectivity index (χ0) is 12.4. The van der Waals surface area contributed by atoms with Gasteiger partial charge < -0.3 is 5.73 Å². The largest absolute Gasteiger partial charge is 0.383 e. The summed E-state index contributed by atoms with van der Waals surface area (Å²) in [4.78, 5) is 15.3. The fraction of sp³-hybridized carbons (Fsp3) is 0.111. The van der Waals surface area contributed by atoms with E-state index in [-0.39, 0.29) is 11.4 Å². The average molecular weight is 253 g/mol. The van der Waals surface area contributed by atoms with Gasteiger partial charge in [0.05, 0.1) is 11.8 Å². The van der Waals surface area contributed by atoms with Crippen LogP contribution in [0, 0.1) is 12.7 Å². The monoisotopic (exact) mass is 253 g/mol. The number of aromatic nitrogens is 3. The molecule has 0 radical (unpaired) electrons. The molecule has 0 spiro atoms. The second kappa shape index (κ2) is 4.42. The zero-order valence-electron chi connectivity index (χ0n) is 8.77. The van der Waals surface area contributed by atoms with Crippen molar-refractivity contribution in [1.82, 2.24) is 15.2 Å². The fourth-order valence-electron chi connectivity index (χ4n) is 1.14. The summed E-state index contributed by atoms with van der Waals surface area (Å²) in [5.74, 6) is -1.23. The lowest BCUT2D eigenvalue weighted by atomic mass is 10.2. The number of aryl methyl sites for hydroxylation is 1. The zero-order valence-corrected chi connectivity index (χ0v) is 9.58. The highest BCUT2D eigenvalue weighted by atomic mass is 32.1. The Hall–Kier alpha value is -2.09. The first-order valence-electron chi connectivity index (χ1n) is 4.59. The summed E-state index contributed by atoms with van der Waals surface area (Å²) in [6.07, 6.45) is 0.946. The molecule has 0 aliphatic heterocycles. The quantitative estimate of drug-likeness (QED) is 0.839. The van der Waals surface area contributed by atoms with Gasteiger partial charge in [0.2, 0.25) is 5.13 Å². The van der Waals surface area contributed by atoms with E-state index < -0.39 is 11.7 Å². The van der Waals surface area contributed by atoms with E-state index in [4.69, 9.17) is 5.73 Å². The molecule has 6 nitrogen and oxygen atoms in total. The van der Waals surface area contributed by atoms with Gasteiger partial charge in [-0.3, -0.25) is 10.1 Å². The molecule has 0 aliphatic carbocycles. The molecule has 0 aromatic carbocycles. The van der Waals surface area contributed by atoms with Gasteiger partial charge in [-0.25, -0.2) is 9.37 Å². The van der Waals surface area contributed by atoms with Gasteiger partial charge in [0.15, 0.2) is 0 Å². The van der Waals surface area contributed by atoms with Crippen LogP contribution in [0.1, 0.15) is 15.4 Å². The van der Waals surface area contributed by atoms with Gasteiger partial charge >= 0.3 is 0 Å². The van der Waals surface area contributed by atoms with Crippen LogP contribution in [0.15, 0.2) is 12.3 Å². The average Bonchev–Trinajstić information content (AvgIpc) is 2.67. The number of rotatable bonds is 2. The first-order chi connectivity index (χ1) is 8.06. The normalized spacial score (nSPS) is 10.2. The molecule has 0 saturated heterocycles. The minimum Gasteiger partial charge on any atom is -0.383 e. The maximum Gasteiger partial charge on any atom is 0.261 e. The third-order valence-electron chi connectivity index (χ3n) is 1.88. The number of pyridine rings is 1. The van der Waals surface area contributed by atoms with Gasteiger partial charge in [-0.2, -0.15) is 0 Å². The number of nitrogens with two attached hydrogens (primary N) is 1. The topological polar surface area (TPSA) is 93.8 Å². The third-order valence-corrected chi connectivity index (χ3v) is 2.63. The van der Waals surface area contributed by atoms with Crippen LogP contribution in [0.5, 0.6) is 0 Å². The third kappa shape index (κ3) is 2.53. The van der Waals surface area contributed by atoms with Gasteiger partial charge in [0.25, 0.3) is 5.91 Å². The summed E-state index contributed by atoms with van der Waals surface area (Å²) in [7, 11) is 0. The summed E-state index contributed by atoms with van der Waals surface area (Å²) in [5, 5.41) is 11.0. The molecule has 88 valence electrons. The molecule has 0 aliphatic rings. The summed E-state index contributed by atoms with van der Waals surface area (Å²) in [6, 6.07) is 1.02. The highest BCUT2D eigenvalue weighted by molar-refractivity contribution is 7.15. The second-order valence-electron chi connectivity index (χ2n) is 3.17. The van der Waals surface area contributed by atoms with Crippen molar-refractivity contribution in [2.75, 3.05) is 11.1 Å². The Kier molecular flexibility index (Phi) is 2.96. The highest BCUT2D eigenvalue weighted by Gasteiger charge is 2.14. The van der Waals surface area contributed by atoms with Crippen molar-refractivity contribution < 1.29 is 9.18 Å². The molecule has 1 amide bonds. The first kappa shape index (κ1) is 11.4. The van der Waals surface area contributed by atoms with Crippen molar-refractivity contribution in [3.63, 3.8) is 0 Å². The molecule has 0 fully saturated rings. The van der Waals surface area contributed by atoms with Crippen LogP contribution in [0.3, 0.4) is 0 Å². The molecule has 0 unspecified atom stereocenters. The maximum atomic E-state index is 12.9. The molecule has 17 heavy (non-hydrogen) atoms. The summed E-state index contributed by atoms with van der Waals surface area (Å²) in [5.41, 5.74) is 5.45. The van der Waals surface area contributed by atoms with E-state index in [1.54, 1.807) is 6.92 Å². The number of nitrogens with one attached hydrogen (secondary N) is 1. The number of nitrogens with zero attached hydrogens (tertiary/aromatic N) is 3. The van der Waals surface area contributed by atoms with E-state index in [1.807, 2.05) is 0 Å². The van der Waals surface area contributed by atoms with Crippen molar-refractivity contribution in [2.45, 2.75) is 6.92 Å². The van der Waals surface area contributed by atoms with Gasteiger partial charge in [-0.15, -0.1) is 10.2 Å². The van der Waals surface area contributed by atoms with Crippen LogP contribution in [-0.4, -0.2) is 21.1 Å². The van der Waals surface area contributed by atoms with E-state index in [9.17, 15) is 9.18 Å². The van der Waals surface area contributed by atoms with E-state index in [2.05, 4.69) is 20.5 Å². The number of nitrogen functional groups attached to an aromatic ring is 1. The highest BCUT2D eigenvalue weighted by Crippen LogP contribution is 2.17. The Morgan fingerprint density at radius 2 is 2.29 bits per heavy atom. The SMILES string of the molecule is Cc1nnc(NC(=O)c2cc(F)cnc2N)s1. The van der Waals surface area contributed by atoms with E-state index in [0.717, 1.165) is 12.3 Å². The Balaban J connectivity index is 2.22. The second-order valence-corrected chi connectivity index (χ2v) is 4.35. The van der Waals surface area contributed by atoms with Gasteiger partial charge in [0, 0.05) is 0 Å². The van der Waals surface area contributed by atoms with Gasteiger partial charge in [-0.1, -0.05) is 11.3 Å². The molecule has 3 N–H and O–H groups in total. The van der Waals surface area contributed by atoms with E-state index >= 15 is 0 Å². The number of hydrogen-bond acceptors (Lipinski definition) is 6. The number of hydrogen-bond donors (Lipinski definition) is 2. The predicted molar refractivity (Wildman–Crippen MR) is 61.2 cm³/mol. The van der Waals surface area contributed by atoms with E-state index in [0.29, 0.717) is 10.1 Å². The Morgan fingerprint density at radius 3 is 2.94 bits per heavy atom. The van der Waals surface area contributed by atoms with Crippen molar-refractivity contribution in [2.24, 2.45) is 0 Å². The van der Waals surface area contributed by atoms with Crippen LogP contribution < -0.4 is 11.1 Å². The standard InChI is InChI=1S/C9H8FN5OS/c1-4-14-15-9(17-4)13-8(16)6-2-5(10)3-12-7(6)11/h2-3H,1H3,(H2,11,12)(H,13,15,16). The van der Waals surface area contributed by atoms with Crippen molar-refractivity contribution in [3.05, 3.63) is 28.7 Å². The molecule has 0 bridgehead atoms. The van der Waals surface area contributed by atoms with Crippen LogP contribution in [0.4, 0.5) is 15.3 Å². The molecular weight excluding hydrogens is 245 g/mol. The molecule has 2 rings (SSSR count). The summed E-state index contributed by atoms with van der Waals surface area (Å²) >= 11 is 1.21. The lowest BCUT2D eigenvalue weighted by molar-refractivity contribution is 0.102. The molecule has 2 aromatic rings.